The Morgan fingerprint density at radius 1 is 1.18 bits per heavy atom. The van der Waals surface area contributed by atoms with Crippen LogP contribution in [0.4, 0.5) is 5.82 Å². The molecule has 0 bridgehead atoms. The molecule has 4 rings (SSSR count). The Morgan fingerprint density at radius 3 is 3.05 bits per heavy atom. The summed E-state index contributed by atoms with van der Waals surface area (Å²) in [6.07, 6.45) is 11.0. The third-order valence-electron chi connectivity index (χ3n) is 4.55. The highest BCUT2D eigenvalue weighted by atomic mass is 32.1. The van der Waals surface area contributed by atoms with Gasteiger partial charge in [-0.1, -0.05) is 11.6 Å². The summed E-state index contributed by atoms with van der Waals surface area (Å²) in [5.74, 6) is 1.03. The quantitative estimate of drug-likeness (QED) is 0.874. The number of nitrogens with zero attached hydrogens (tertiary/aromatic N) is 2. The molecule has 2 aliphatic rings. The first-order chi connectivity index (χ1) is 10.9. The van der Waals surface area contributed by atoms with Crippen molar-refractivity contribution in [2.45, 2.75) is 38.5 Å². The third-order valence-corrected chi connectivity index (χ3v) is 5.75. The maximum atomic E-state index is 5.36. The van der Waals surface area contributed by atoms with E-state index in [1.165, 1.54) is 47.1 Å². The molecule has 3 heterocycles. The van der Waals surface area contributed by atoms with Crippen LogP contribution in [0.1, 0.15) is 36.1 Å². The monoisotopic (exact) mass is 315 g/mol. The van der Waals surface area contributed by atoms with Crippen molar-refractivity contribution >= 4 is 27.4 Å². The van der Waals surface area contributed by atoms with Crippen molar-refractivity contribution in [2.24, 2.45) is 0 Å². The van der Waals surface area contributed by atoms with Crippen molar-refractivity contribution in [1.29, 1.82) is 0 Å². The van der Waals surface area contributed by atoms with E-state index in [4.69, 9.17) is 4.74 Å². The van der Waals surface area contributed by atoms with Crippen LogP contribution in [0.25, 0.3) is 10.2 Å². The van der Waals surface area contributed by atoms with Crippen molar-refractivity contribution in [3.05, 3.63) is 28.4 Å². The lowest BCUT2D eigenvalue weighted by Crippen LogP contribution is -2.10. The van der Waals surface area contributed by atoms with Crippen LogP contribution in [0.15, 0.2) is 18.0 Å². The van der Waals surface area contributed by atoms with Gasteiger partial charge in [-0.3, -0.25) is 0 Å². The van der Waals surface area contributed by atoms with Crippen LogP contribution in [0.3, 0.4) is 0 Å². The van der Waals surface area contributed by atoms with Gasteiger partial charge in [0.1, 0.15) is 17.0 Å². The van der Waals surface area contributed by atoms with Gasteiger partial charge in [-0.15, -0.1) is 11.3 Å². The van der Waals surface area contributed by atoms with E-state index in [1.54, 1.807) is 6.33 Å². The minimum Gasteiger partial charge on any atom is -0.377 e. The first kappa shape index (κ1) is 14.2. The highest BCUT2D eigenvalue weighted by Crippen LogP contribution is 2.38. The van der Waals surface area contributed by atoms with Gasteiger partial charge in [0.25, 0.3) is 0 Å². The van der Waals surface area contributed by atoms with E-state index < -0.39 is 0 Å². The van der Waals surface area contributed by atoms with Crippen LogP contribution < -0.4 is 5.32 Å². The lowest BCUT2D eigenvalue weighted by molar-refractivity contribution is 0.153. The molecule has 0 atom stereocenters. The summed E-state index contributed by atoms with van der Waals surface area (Å²) in [6, 6.07) is 0. The lowest BCUT2D eigenvalue weighted by atomic mass is 9.97. The second-order valence-corrected chi connectivity index (χ2v) is 7.06. The molecule has 0 spiro atoms. The predicted octanol–water partition coefficient (Wildman–Crippen LogP) is 3.72. The number of hydrogen-bond acceptors (Lipinski definition) is 5. The lowest BCUT2D eigenvalue weighted by Gasteiger charge is -2.15. The van der Waals surface area contributed by atoms with Crippen molar-refractivity contribution in [2.75, 3.05) is 25.1 Å². The normalized spacial score (nSPS) is 18.1. The van der Waals surface area contributed by atoms with Gasteiger partial charge in [-0.25, -0.2) is 9.97 Å². The van der Waals surface area contributed by atoms with E-state index in [1.807, 2.05) is 11.3 Å². The molecule has 1 aliphatic heterocycles. The molecule has 116 valence electrons. The summed E-state index contributed by atoms with van der Waals surface area (Å²) in [5, 5.41) is 4.83. The zero-order valence-corrected chi connectivity index (χ0v) is 13.5. The Kier molecular flexibility index (Phi) is 4.08. The molecular formula is C17H21N3OS. The van der Waals surface area contributed by atoms with Crippen LogP contribution >= 0.6 is 11.3 Å². The molecule has 1 aliphatic carbocycles. The first-order valence-corrected chi connectivity index (χ1v) is 8.98. The number of aryl methyl sites for hydroxylation is 2. The van der Waals surface area contributed by atoms with Gasteiger partial charge in [0, 0.05) is 11.4 Å². The summed E-state index contributed by atoms with van der Waals surface area (Å²) >= 11 is 1.86. The maximum Gasteiger partial charge on any atom is 0.138 e. The SMILES string of the molecule is C1=C(CCNc2ncnc3sc4c(c23)CCCC4)CCOC1. The summed E-state index contributed by atoms with van der Waals surface area (Å²) < 4.78 is 5.36. The Morgan fingerprint density at radius 2 is 2.14 bits per heavy atom. The zero-order valence-electron chi connectivity index (χ0n) is 12.7. The molecule has 5 heteroatoms. The fourth-order valence-corrected chi connectivity index (χ4v) is 4.59. The molecule has 0 radical (unpaired) electrons. The Hall–Kier alpha value is -1.46. The van der Waals surface area contributed by atoms with E-state index in [2.05, 4.69) is 21.4 Å². The van der Waals surface area contributed by atoms with Gasteiger partial charge in [-0.2, -0.15) is 0 Å². The Balaban J connectivity index is 1.53. The minimum absolute atomic E-state index is 0.769. The summed E-state index contributed by atoms with van der Waals surface area (Å²) in [7, 11) is 0. The number of anilines is 1. The van der Waals surface area contributed by atoms with Gasteiger partial charge in [-0.05, 0) is 44.1 Å². The maximum absolute atomic E-state index is 5.36. The molecule has 22 heavy (non-hydrogen) atoms. The van der Waals surface area contributed by atoms with Crippen LogP contribution in [-0.2, 0) is 17.6 Å². The van der Waals surface area contributed by atoms with Gasteiger partial charge in [0.15, 0.2) is 0 Å². The van der Waals surface area contributed by atoms with Crippen LogP contribution in [-0.4, -0.2) is 29.7 Å². The molecule has 0 amide bonds. The van der Waals surface area contributed by atoms with Gasteiger partial charge in [0.2, 0.25) is 0 Å². The van der Waals surface area contributed by atoms with E-state index in [9.17, 15) is 0 Å². The molecule has 0 saturated heterocycles. The molecule has 0 fully saturated rings. The summed E-state index contributed by atoms with van der Waals surface area (Å²) in [6.45, 7) is 2.56. The van der Waals surface area contributed by atoms with Crippen molar-refractivity contribution < 1.29 is 4.74 Å². The van der Waals surface area contributed by atoms with Gasteiger partial charge >= 0.3 is 0 Å². The van der Waals surface area contributed by atoms with Gasteiger partial charge in [0.05, 0.1) is 18.6 Å². The number of aromatic nitrogens is 2. The van der Waals surface area contributed by atoms with E-state index in [0.717, 1.165) is 43.2 Å². The van der Waals surface area contributed by atoms with Crippen molar-refractivity contribution in [3.8, 4) is 0 Å². The molecule has 1 N–H and O–H groups in total. The molecule has 2 aromatic heterocycles. The number of rotatable bonds is 4. The largest absolute Gasteiger partial charge is 0.377 e. The standard InChI is InChI=1S/C17H21N3OS/c1-2-4-14-13(3-1)15-16(19-11-20-17(15)22-14)18-8-5-12-6-9-21-10-7-12/h6,11H,1-5,7-10H2,(H,18,19,20). The third kappa shape index (κ3) is 2.75. The number of hydrogen-bond donors (Lipinski definition) is 1. The van der Waals surface area contributed by atoms with Crippen molar-refractivity contribution in [1.82, 2.24) is 9.97 Å². The average Bonchev–Trinajstić information content (AvgIpc) is 2.95. The molecular weight excluding hydrogens is 294 g/mol. The molecule has 2 aromatic rings. The topological polar surface area (TPSA) is 47.0 Å². The summed E-state index contributed by atoms with van der Waals surface area (Å²) in [5.41, 5.74) is 3.00. The van der Waals surface area contributed by atoms with Gasteiger partial charge < -0.3 is 10.1 Å². The Bertz CT molecular complexity index is 707. The Labute approximate surface area is 134 Å². The second-order valence-electron chi connectivity index (χ2n) is 5.98. The smallest absolute Gasteiger partial charge is 0.138 e. The number of fused-ring (bicyclic) bond motifs is 3. The highest BCUT2D eigenvalue weighted by Gasteiger charge is 2.19. The van der Waals surface area contributed by atoms with Crippen molar-refractivity contribution in [3.63, 3.8) is 0 Å². The second kappa shape index (κ2) is 6.34. The number of ether oxygens (including phenoxy) is 1. The van der Waals surface area contributed by atoms with E-state index in [0.29, 0.717) is 0 Å². The van der Waals surface area contributed by atoms with Crippen LogP contribution in [0, 0.1) is 0 Å². The zero-order chi connectivity index (χ0) is 14.8. The number of thiophene rings is 1. The fraction of sp³-hybridized carbons (Fsp3) is 0.529. The average molecular weight is 315 g/mol. The minimum atomic E-state index is 0.769. The molecule has 0 saturated carbocycles. The van der Waals surface area contributed by atoms with E-state index in [-0.39, 0.29) is 0 Å². The first-order valence-electron chi connectivity index (χ1n) is 8.16. The van der Waals surface area contributed by atoms with Crippen LogP contribution in [0.5, 0.6) is 0 Å². The van der Waals surface area contributed by atoms with Crippen LogP contribution in [0.2, 0.25) is 0 Å². The number of nitrogens with one attached hydrogen (secondary N) is 1. The fourth-order valence-electron chi connectivity index (χ4n) is 3.36. The predicted molar refractivity (Wildman–Crippen MR) is 90.7 cm³/mol. The summed E-state index contributed by atoms with van der Waals surface area (Å²) in [4.78, 5) is 11.7. The highest BCUT2D eigenvalue weighted by molar-refractivity contribution is 7.19. The molecule has 4 nitrogen and oxygen atoms in total. The molecule has 0 unspecified atom stereocenters. The van der Waals surface area contributed by atoms with E-state index >= 15 is 0 Å². The molecule has 0 aromatic carbocycles.